The van der Waals surface area contributed by atoms with Gasteiger partial charge in [0, 0.05) is 41.7 Å². The van der Waals surface area contributed by atoms with Crippen molar-refractivity contribution in [3.8, 4) is 5.75 Å². The van der Waals surface area contributed by atoms with E-state index in [4.69, 9.17) is 14.5 Å². The number of aliphatic imine (C=N–C) groups is 1. The molecule has 6 nitrogen and oxygen atoms in total. The number of benzene rings is 1. The number of hydrogen-bond donors (Lipinski definition) is 0. The van der Waals surface area contributed by atoms with Gasteiger partial charge >= 0.3 is 5.97 Å². The van der Waals surface area contributed by atoms with Crippen LogP contribution in [0.25, 0.3) is 0 Å². The van der Waals surface area contributed by atoms with Crippen LogP contribution in [0.2, 0.25) is 0 Å². The molecule has 0 fully saturated rings. The summed E-state index contributed by atoms with van der Waals surface area (Å²) in [5.41, 5.74) is 4.08. The lowest BCUT2D eigenvalue weighted by Crippen LogP contribution is -2.38. The summed E-state index contributed by atoms with van der Waals surface area (Å²) in [5.74, 6) is -0.268. The summed E-state index contributed by atoms with van der Waals surface area (Å²) < 4.78 is 10.9. The van der Waals surface area contributed by atoms with E-state index in [1.165, 1.54) is 0 Å². The molecule has 6 heteroatoms. The molecule has 0 saturated heterocycles. The van der Waals surface area contributed by atoms with E-state index in [9.17, 15) is 9.59 Å². The molecule has 33 heavy (non-hydrogen) atoms. The predicted molar refractivity (Wildman–Crippen MR) is 126 cm³/mol. The van der Waals surface area contributed by atoms with Crippen LogP contribution < -0.4 is 4.74 Å². The van der Waals surface area contributed by atoms with Gasteiger partial charge in [0.1, 0.15) is 11.7 Å². The lowest BCUT2D eigenvalue weighted by atomic mass is 9.69. The number of nitrogens with zero attached hydrogens (tertiary/aromatic N) is 2. The molecule has 3 atom stereocenters. The number of esters is 1. The Morgan fingerprint density at radius 3 is 2.39 bits per heavy atom. The topological polar surface area (TPSA) is 77.8 Å². The van der Waals surface area contributed by atoms with Gasteiger partial charge in [0.05, 0.1) is 13.7 Å². The van der Waals surface area contributed by atoms with E-state index in [0.29, 0.717) is 30.7 Å². The number of hydrogen-bond acceptors (Lipinski definition) is 6. The van der Waals surface area contributed by atoms with E-state index >= 15 is 0 Å². The molecule has 2 heterocycles. The van der Waals surface area contributed by atoms with Gasteiger partial charge in [0.2, 0.25) is 0 Å². The van der Waals surface area contributed by atoms with Crippen LogP contribution in [0.4, 0.5) is 0 Å². The zero-order valence-corrected chi connectivity index (χ0v) is 19.6. The van der Waals surface area contributed by atoms with Crippen molar-refractivity contribution in [3.63, 3.8) is 0 Å². The Bertz CT molecular complexity index is 1090. The van der Waals surface area contributed by atoms with E-state index in [2.05, 4.69) is 4.98 Å². The van der Waals surface area contributed by atoms with Crippen molar-refractivity contribution in [2.75, 3.05) is 13.7 Å². The first-order chi connectivity index (χ1) is 15.9. The molecule has 1 aliphatic carbocycles. The number of rotatable bonds is 6. The Morgan fingerprint density at radius 2 is 1.76 bits per heavy atom. The zero-order chi connectivity index (χ0) is 23.5. The van der Waals surface area contributed by atoms with Crippen molar-refractivity contribution < 1.29 is 19.1 Å². The fourth-order valence-electron chi connectivity index (χ4n) is 4.75. The predicted octanol–water partition coefficient (Wildman–Crippen LogP) is 4.86. The molecule has 0 bridgehead atoms. The molecular weight excluding hydrogens is 416 g/mol. The number of pyridine rings is 1. The number of ketones is 1. The standard InChI is InChI=1S/C27H30N2O4/c1-16(2)15-33-27(31)24-17(3)29-22-13-20(18-5-7-21(32-4)8-6-18)14-23(30)26(22)25(24)19-9-11-28-12-10-19/h5-12,16,20,24-25H,13-15H2,1-4H3/t20-,24?,25-/m1/s1. The van der Waals surface area contributed by atoms with Crippen LogP contribution in [-0.2, 0) is 14.3 Å². The van der Waals surface area contributed by atoms with E-state index < -0.39 is 11.8 Å². The molecule has 0 spiro atoms. The molecule has 0 saturated carbocycles. The number of ether oxygens (including phenoxy) is 2. The minimum atomic E-state index is -0.619. The SMILES string of the molecule is COc1ccc([C@H]2CC(=O)C3=C(C2)N=C(C)C(C(=O)OCC(C)C)[C@H]3c2ccncc2)cc1. The summed E-state index contributed by atoms with van der Waals surface area (Å²) in [6, 6.07) is 11.6. The average Bonchev–Trinajstić information content (AvgIpc) is 2.82. The number of allylic oxidation sites excluding steroid dienone is 2. The third kappa shape index (κ3) is 4.75. The minimum absolute atomic E-state index is 0.0387. The van der Waals surface area contributed by atoms with E-state index in [1.54, 1.807) is 19.5 Å². The van der Waals surface area contributed by atoms with Crippen LogP contribution in [0, 0.1) is 11.8 Å². The van der Waals surface area contributed by atoms with Crippen molar-refractivity contribution in [2.45, 2.75) is 45.4 Å². The molecular formula is C27H30N2O4. The maximum Gasteiger partial charge on any atom is 0.315 e. The average molecular weight is 447 g/mol. The van der Waals surface area contributed by atoms with Crippen LogP contribution in [0.15, 0.2) is 65.1 Å². The third-order valence-corrected chi connectivity index (χ3v) is 6.35. The number of Topliss-reactive ketones (excluding diaryl/α,β-unsaturated/α-hetero) is 1. The highest BCUT2D eigenvalue weighted by molar-refractivity contribution is 6.09. The molecule has 1 aromatic carbocycles. The van der Waals surface area contributed by atoms with Crippen LogP contribution in [0.1, 0.15) is 56.6 Å². The number of carbonyl (C=O) groups excluding carboxylic acids is 2. The Hall–Kier alpha value is -3.28. The lowest BCUT2D eigenvalue weighted by Gasteiger charge is -2.36. The van der Waals surface area contributed by atoms with Crippen LogP contribution in [0.5, 0.6) is 5.75 Å². The molecule has 4 rings (SSSR count). The van der Waals surface area contributed by atoms with Crippen molar-refractivity contribution in [1.29, 1.82) is 0 Å². The highest BCUT2D eigenvalue weighted by Crippen LogP contribution is 2.46. The largest absolute Gasteiger partial charge is 0.497 e. The second-order valence-electron chi connectivity index (χ2n) is 9.17. The molecule has 0 amide bonds. The van der Waals surface area contributed by atoms with Gasteiger partial charge in [-0.25, -0.2) is 0 Å². The first kappa shape index (κ1) is 22.9. The first-order valence-electron chi connectivity index (χ1n) is 11.4. The minimum Gasteiger partial charge on any atom is -0.497 e. The quantitative estimate of drug-likeness (QED) is 0.592. The molecule has 0 N–H and O–H groups in total. The van der Waals surface area contributed by atoms with Gasteiger partial charge in [-0.1, -0.05) is 26.0 Å². The van der Waals surface area contributed by atoms with E-state index in [0.717, 1.165) is 22.6 Å². The monoisotopic (exact) mass is 446 g/mol. The second kappa shape index (κ2) is 9.69. The maximum absolute atomic E-state index is 13.5. The van der Waals surface area contributed by atoms with Gasteiger partial charge in [-0.15, -0.1) is 0 Å². The molecule has 1 aromatic heterocycles. The summed E-state index contributed by atoms with van der Waals surface area (Å²) >= 11 is 0. The van der Waals surface area contributed by atoms with E-state index in [-0.39, 0.29) is 23.6 Å². The summed E-state index contributed by atoms with van der Waals surface area (Å²) in [6.07, 6.45) is 4.43. The van der Waals surface area contributed by atoms with Crippen molar-refractivity contribution in [3.05, 3.63) is 71.2 Å². The van der Waals surface area contributed by atoms with Gasteiger partial charge in [0.25, 0.3) is 0 Å². The lowest BCUT2D eigenvalue weighted by molar-refractivity contribution is -0.147. The molecule has 1 unspecified atom stereocenters. The molecule has 2 aromatic rings. The fourth-order valence-corrected chi connectivity index (χ4v) is 4.75. The van der Waals surface area contributed by atoms with Crippen molar-refractivity contribution >= 4 is 17.5 Å². The van der Waals surface area contributed by atoms with Crippen molar-refractivity contribution in [2.24, 2.45) is 16.8 Å². The van der Waals surface area contributed by atoms with Crippen LogP contribution >= 0.6 is 0 Å². The zero-order valence-electron chi connectivity index (χ0n) is 19.6. The summed E-state index contributed by atoms with van der Waals surface area (Å²) in [6.45, 7) is 6.20. The second-order valence-corrected chi connectivity index (χ2v) is 9.17. The summed E-state index contributed by atoms with van der Waals surface area (Å²) in [5, 5.41) is 0. The number of carbonyl (C=O) groups is 2. The Kier molecular flexibility index (Phi) is 6.72. The highest BCUT2D eigenvalue weighted by Gasteiger charge is 2.44. The van der Waals surface area contributed by atoms with Crippen LogP contribution in [-0.4, -0.2) is 36.2 Å². The van der Waals surface area contributed by atoms with Gasteiger partial charge in [0.15, 0.2) is 5.78 Å². The first-order valence-corrected chi connectivity index (χ1v) is 11.4. The molecule has 1 aliphatic heterocycles. The number of aromatic nitrogens is 1. The Labute approximate surface area is 194 Å². The fraction of sp³-hybridized carbons (Fsp3) is 0.407. The Balaban J connectivity index is 1.72. The smallest absolute Gasteiger partial charge is 0.315 e. The summed E-state index contributed by atoms with van der Waals surface area (Å²) in [7, 11) is 1.64. The van der Waals surface area contributed by atoms with Gasteiger partial charge < -0.3 is 9.47 Å². The number of methoxy groups -OCH3 is 1. The normalized spacial score (nSPS) is 22.6. The Morgan fingerprint density at radius 1 is 1.06 bits per heavy atom. The van der Waals surface area contributed by atoms with Gasteiger partial charge in [-0.2, -0.15) is 0 Å². The molecule has 172 valence electrons. The molecule has 0 radical (unpaired) electrons. The summed E-state index contributed by atoms with van der Waals surface area (Å²) in [4.78, 5) is 35.6. The highest BCUT2D eigenvalue weighted by atomic mass is 16.5. The van der Waals surface area contributed by atoms with Gasteiger partial charge in [-0.05, 0) is 60.6 Å². The maximum atomic E-state index is 13.5. The van der Waals surface area contributed by atoms with Crippen molar-refractivity contribution in [1.82, 2.24) is 4.98 Å². The van der Waals surface area contributed by atoms with E-state index in [1.807, 2.05) is 57.2 Å². The molecule has 2 aliphatic rings. The van der Waals surface area contributed by atoms with Gasteiger partial charge in [-0.3, -0.25) is 19.6 Å². The third-order valence-electron chi connectivity index (χ3n) is 6.35. The van der Waals surface area contributed by atoms with Crippen LogP contribution in [0.3, 0.4) is 0 Å².